The number of carboxylic acid groups (broad SMARTS) is 1. The Hall–Kier alpha value is -1.26. The predicted octanol–water partition coefficient (Wildman–Crippen LogP) is 3.43. The number of rotatable bonds is 7. The Morgan fingerprint density at radius 1 is 1.20 bits per heavy atom. The Labute approximate surface area is 122 Å². The average Bonchev–Trinajstić information content (AvgIpc) is 2.29. The molecule has 1 atom stereocenters. The van der Waals surface area contributed by atoms with Crippen molar-refractivity contribution < 1.29 is 19.4 Å². The van der Waals surface area contributed by atoms with E-state index in [1.807, 2.05) is 13.8 Å². The van der Waals surface area contributed by atoms with Crippen molar-refractivity contribution in [3.8, 4) is 0 Å². The molecule has 0 radical (unpaired) electrons. The summed E-state index contributed by atoms with van der Waals surface area (Å²) in [5.74, 6) is -1.06. The molecule has 0 aliphatic heterocycles. The van der Waals surface area contributed by atoms with Crippen LogP contribution in [0.4, 0.5) is 4.79 Å². The summed E-state index contributed by atoms with van der Waals surface area (Å²) in [5, 5.41) is 11.6. The number of alkyl carbamates (subject to hydrolysis) is 1. The van der Waals surface area contributed by atoms with Crippen LogP contribution < -0.4 is 5.32 Å². The molecule has 20 heavy (non-hydrogen) atoms. The maximum atomic E-state index is 11.7. The van der Waals surface area contributed by atoms with Gasteiger partial charge in [-0.25, -0.2) is 9.59 Å². The minimum Gasteiger partial charge on any atom is -0.480 e. The van der Waals surface area contributed by atoms with Gasteiger partial charge in [-0.2, -0.15) is 0 Å². The summed E-state index contributed by atoms with van der Waals surface area (Å²) >= 11 is 0. The molecule has 5 nitrogen and oxygen atoms in total. The second kappa shape index (κ2) is 7.50. The average molecular weight is 287 g/mol. The zero-order chi connectivity index (χ0) is 16.0. The van der Waals surface area contributed by atoms with Crippen LogP contribution in [0.3, 0.4) is 0 Å². The molecule has 0 rings (SSSR count). The van der Waals surface area contributed by atoms with Crippen LogP contribution in [0.5, 0.6) is 0 Å². The van der Waals surface area contributed by atoms with Gasteiger partial charge in [0.2, 0.25) is 0 Å². The van der Waals surface area contributed by atoms with Gasteiger partial charge in [0.25, 0.3) is 0 Å². The molecule has 1 amide bonds. The Morgan fingerprint density at radius 3 is 2.15 bits per heavy atom. The maximum absolute atomic E-state index is 11.7. The van der Waals surface area contributed by atoms with Crippen LogP contribution >= 0.6 is 0 Å². The van der Waals surface area contributed by atoms with E-state index in [1.54, 1.807) is 20.8 Å². The van der Waals surface area contributed by atoms with Crippen LogP contribution in [-0.2, 0) is 9.53 Å². The minimum absolute atomic E-state index is 0.0895. The lowest BCUT2D eigenvalue weighted by Crippen LogP contribution is -2.49. The number of ether oxygens (including phenoxy) is 1. The Bertz CT molecular complexity index is 331. The van der Waals surface area contributed by atoms with Gasteiger partial charge in [-0.15, -0.1) is 0 Å². The number of carbonyl (C=O) groups is 2. The van der Waals surface area contributed by atoms with Gasteiger partial charge >= 0.3 is 12.1 Å². The lowest BCUT2D eigenvalue weighted by Gasteiger charge is -2.28. The first-order valence-corrected chi connectivity index (χ1v) is 7.15. The van der Waals surface area contributed by atoms with Crippen molar-refractivity contribution in [2.24, 2.45) is 10.8 Å². The zero-order valence-electron chi connectivity index (χ0n) is 13.6. The molecular formula is C15H29NO4. The molecule has 0 aromatic carbocycles. The summed E-state index contributed by atoms with van der Waals surface area (Å²) in [5.41, 5.74) is -0.656. The summed E-state index contributed by atoms with van der Waals surface area (Å²) in [6.07, 6.45) is 2.48. The van der Waals surface area contributed by atoms with Gasteiger partial charge in [0, 0.05) is 0 Å². The highest BCUT2D eigenvalue weighted by Crippen LogP contribution is 2.24. The predicted molar refractivity (Wildman–Crippen MR) is 78.7 cm³/mol. The van der Waals surface area contributed by atoms with Crippen LogP contribution in [0.1, 0.15) is 60.8 Å². The molecule has 118 valence electrons. The first-order chi connectivity index (χ1) is 8.99. The topological polar surface area (TPSA) is 75.6 Å². The van der Waals surface area contributed by atoms with Crippen molar-refractivity contribution in [1.29, 1.82) is 0 Å². The Morgan fingerprint density at radius 2 is 1.75 bits per heavy atom. The molecule has 0 aliphatic rings. The van der Waals surface area contributed by atoms with E-state index in [2.05, 4.69) is 12.2 Å². The molecule has 0 saturated carbocycles. The first-order valence-electron chi connectivity index (χ1n) is 7.15. The first kappa shape index (κ1) is 18.7. The zero-order valence-corrected chi connectivity index (χ0v) is 13.6. The quantitative estimate of drug-likeness (QED) is 0.752. The molecule has 0 fully saturated rings. The summed E-state index contributed by atoms with van der Waals surface area (Å²) < 4.78 is 5.17. The number of unbranched alkanes of at least 4 members (excludes halogenated alkanes) is 1. The number of amides is 1. The summed E-state index contributed by atoms with van der Waals surface area (Å²) in [4.78, 5) is 22.9. The number of carboxylic acids is 1. The van der Waals surface area contributed by atoms with E-state index in [0.29, 0.717) is 0 Å². The van der Waals surface area contributed by atoms with Crippen molar-refractivity contribution in [3.63, 3.8) is 0 Å². The van der Waals surface area contributed by atoms with Crippen molar-refractivity contribution in [2.75, 3.05) is 6.61 Å². The molecule has 0 heterocycles. The van der Waals surface area contributed by atoms with E-state index in [-0.39, 0.29) is 12.0 Å². The largest absolute Gasteiger partial charge is 0.480 e. The molecular weight excluding hydrogens is 258 g/mol. The van der Waals surface area contributed by atoms with E-state index in [0.717, 1.165) is 19.3 Å². The summed E-state index contributed by atoms with van der Waals surface area (Å²) in [6, 6.07) is -0.964. The van der Waals surface area contributed by atoms with Crippen molar-refractivity contribution >= 4 is 12.1 Å². The van der Waals surface area contributed by atoms with Gasteiger partial charge in [0.1, 0.15) is 6.04 Å². The number of carbonyl (C=O) groups excluding carboxylic acids is 1. The van der Waals surface area contributed by atoms with Crippen LogP contribution in [0.2, 0.25) is 0 Å². The highest BCUT2D eigenvalue weighted by Gasteiger charge is 2.33. The fourth-order valence-electron chi connectivity index (χ4n) is 1.80. The number of hydrogen-bond donors (Lipinski definition) is 2. The normalized spacial score (nSPS) is 13.7. The van der Waals surface area contributed by atoms with Crippen molar-refractivity contribution in [3.05, 3.63) is 0 Å². The second-order valence-electron chi connectivity index (χ2n) is 7.13. The van der Waals surface area contributed by atoms with Gasteiger partial charge in [0.05, 0.1) is 6.61 Å². The lowest BCUT2D eigenvalue weighted by atomic mass is 9.87. The van der Waals surface area contributed by atoms with E-state index in [1.165, 1.54) is 0 Å². The highest BCUT2D eigenvalue weighted by molar-refractivity contribution is 5.80. The molecule has 5 heteroatoms. The van der Waals surface area contributed by atoms with E-state index in [9.17, 15) is 9.59 Å². The Balaban J connectivity index is 4.38. The molecule has 2 N–H and O–H groups in total. The molecule has 0 aromatic heterocycles. The summed E-state index contributed by atoms with van der Waals surface area (Å²) in [7, 11) is 0. The fraction of sp³-hybridized carbons (Fsp3) is 0.867. The van der Waals surface area contributed by atoms with Crippen LogP contribution in [0.15, 0.2) is 0 Å². The molecule has 0 bridgehead atoms. The standard InChI is InChI=1S/C15H29NO4/c1-7-8-9-15(5,6)10-20-13(19)16-11(12(17)18)14(2,3)4/h11H,7-10H2,1-6H3,(H,16,19)(H,17,18)/t11-/m1/s1. The molecule has 0 spiro atoms. The van der Waals surface area contributed by atoms with Crippen LogP contribution in [0, 0.1) is 10.8 Å². The molecule has 0 saturated heterocycles. The molecule has 0 unspecified atom stereocenters. The highest BCUT2D eigenvalue weighted by atomic mass is 16.5. The number of aliphatic carboxylic acids is 1. The third-order valence-corrected chi connectivity index (χ3v) is 3.18. The maximum Gasteiger partial charge on any atom is 0.407 e. The van der Waals surface area contributed by atoms with E-state index in [4.69, 9.17) is 9.84 Å². The smallest absolute Gasteiger partial charge is 0.407 e. The lowest BCUT2D eigenvalue weighted by molar-refractivity contribution is -0.142. The minimum atomic E-state index is -1.06. The number of hydrogen-bond acceptors (Lipinski definition) is 3. The SMILES string of the molecule is CCCCC(C)(C)COC(=O)N[C@H](C(=O)O)C(C)(C)C. The second-order valence-corrected chi connectivity index (χ2v) is 7.13. The van der Waals surface area contributed by atoms with Crippen molar-refractivity contribution in [2.45, 2.75) is 66.8 Å². The third-order valence-electron chi connectivity index (χ3n) is 3.18. The molecule has 0 aromatic rings. The number of nitrogens with one attached hydrogen (secondary N) is 1. The Kier molecular flexibility index (Phi) is 7.03. The van der Waals surface area contributed by atoms with Crippen LogP contribution in [-0.4, -0.2) is 29.8 Å². The van der Waals surface area contributed by atoms with Gasteiger partial charge in [-0.3, -0.25) is 0 Å². The fourth-order valence-corrected chi connectivity index (χ4v) is 1.80. The van der Waals surface area contributed by atoms with Gasteiger partial charge < -0.3 is 15.2 Å². The van der Waals surface area contributed by atoms with Gasteiger partial charge in [-0.05, 0) is 17.3 Å². The summed E-state index contributed by atoms with van der Waals surface area (Å²) in [6.45, 7) is 11.8. The molecule has 0 aliphatic carbocycles. The monoisotopic (exact) mass is 287 g/mol. The van der Waals surface area contributed by atoms with Gasteiger partial charge in [0.15, 0.2) is 0 Å². The van der Waals surface area contributed by atoms with E-state index < -0.39 is 23.5 Å². The third kappa shape index (κ3) is 7.36. The van der Waals surface area contributed by atoms with Crippen LogP contribution in [0.25, 0.3) is 0 Å². The van der Waals surface area contributed by atoms with E-state index >= 15 is 0 Å². The van der Waals surface area contributed by atoms with Gasteiger partial charge in [-0.1, -0.05) is 54.4 Å². The van der Waals surface area contributed by atoms with Crippen molar-refractivity contribution in [1.82, 2.24) is 5.32 Å².